The third kappa shape index (κ3) is 1.04. The number of rotatable bonds is 0. The van der Waals surface area contributed by atoms with Crippen LogP contribution in [-0.4, -0.2) is 9.59 Å². The van der Waals surface area contributed by atoms with Crippen LogP contribution in [0.5, 0.6) is 0 Å². The van der Waals surface area contributed by atoms with Crippen molar-refractivity contribution in [1.82, 2.24) is 9.59 Å². The van der Waals surface area contributed by atoms with Crippen molar-refractivity contribution in [2.45, 2.75) is 0 Å². The van der Waals surface area contributed by atoms with Crippen LogP contribution in [0.25, 0.3) is 0 Å². The van der Waals surface area contributed by atoms with Gasteiger partial charge in [0, 0.05) is 5.38 Å². The van der Waals surface area contributed by atoms with Crippen LogP contribution in [-0.2, 0) is 0 Å². The van der Waals surface area contributed by atoms with E-state index in [2.05, 4.69) is 9.59 Å². The Morgan fingerprint density at radius 1 is 1.71 bits per heavy atom. The molecule has 0 saturated heterocycles. The van der Waals surface area contributed by atoms with Gasteiger partial charge in [-0.2, -0.15) is 0 Å². The lowest BCUT2D eigenvalue weighted by molar-refractivity contribution is 0.995. The average Bonchev–Trinajstić information content (AvgIpc) is 1.69. The molecular weight excluding hydrogens is 110 g/mol. The maximum Gasteiger partial charge on any atom is 0.168 e. The van der Waals surface area contributed by atoms with Crippen LogP contribution in [0.4, 0.5) is 0 Å². The molecule has 4 heteroatoms. The summed E-state index contributed by atoms with van der Waals surface area (Å²) in [5.41, 5.74) is 0.221. The Morgan fingerprint density at radius 3 is 2.86 bits per heavy atom. The van der Waals surface area contributed by atoms with Gasteiger partial charge in [-0.05, 0) is 17.6 Å². The molecule has 0 spiro atoms. The van der Waals surface area contributed by atoms with Gasteiger partial charge in [-0.1, -0.05) is 4.49 Å². The second-order valence-electron chi connectivity index (χ2n) is 0.975. The van der Waals surface area contributed by atoms with E-state index in [1.807, 2.05) is 0 Å². The van der Waals surface area contributed by atoms with Crippen LogP contribution in [0.1, 0.15) is 0 Å². The Labute approximate surface area is 44.3 Å². The first-order chi connectivity index (χ1) is 3.39. The van der Waals surface area contributed by atoms with Crippen molar-refractivity contribution >= 4 is 11.5 Å². The molecule has 0 unspecified atom stereocenters. The summed E-state index contributed by atoms with van der Waals surface area (Å²) in [6, 6.07) is 1.59. The van der Waals surface area contributed by atoms with Gasteiger partial charge in [0.1, 0.15) is 0 Å². The summed E-state index contributed by atoms with van der Waals surface area (Å²) in [6.07, 6.45) is 0. The van der Waals surface area contributed by atoms with E-state index in [1.165, 1.54) is 11.5 Å². The molecule has 1 N–H and O–H groups in total. The van der Waals surface area contributed by atoms with E-state index in [9.17, 15) is 0 Å². The zero-order chi connectivity index (χ0) is 5.11. The summed E-state index contributed by atoms with van der Waals surface area (Å²) in [5.74, 6) is 0. The highest BCUT2D eigenvalue weighted by atomic mass is 32.1. The molecule has 1 aromatic rings. The van der Waals surface area contributed by atoms with Crippen molar-refractivity contribution in [2.24, 2.45) is 0 Å². The molecule has 1 aromatic heterocycles. The summed E-state index contributed by atoms with van der Waals surface area (Å²) in [6.45, 7) is 0. The number of nitrogens with one attached hydrogen (secondary N) is 1. The molecule has 0 aliphatic rings. The van der Waals surface area contributed by atoms with Gasteiger partial charge in [-0.15, -0.1) is 5.10 Å². The highest BCUT2D eigenvalue weighted by molar-refractivity contribution is 7.03. The van der Waals surface area contributed by atoms with E-state index in [4.69, 9.17) is 5.41 Å². The molecule has 0 amide bonds. The third-order valence-electron chi connectivity index (χ3n) is 0.482. The maximum absolute atomic E-state index is 6.83. The fourth-order valence-electron chi connectivity index (χ4n) is 0.223. The van der Waals surface area contributed by atoms with Gasteiger partial charge in [0.2, 0.25) is 0 Å². The molecular formula is C3H3N3S. The third-order valence-corrected chi connectivity index (χ3v) is 0.916. The van der Waals surface area contributed by atoms with E-state index in [0.29, 0.717) is 0 Å². The summed E-state index contributed by atoms with van der Waals surface area (Å²) in [7, 11) is 0. The molecule has 0 bridgehead atoms. The zero-order valence-electron chi connectivity index (χ0n) is 3.46. The Hall–Kier alpha value is -0.770. The van der Waals surface area contributed by atoms with Crippen molar-refractivity contribution in [3.8, 4) is 0 Å². The fourth-order valence-corrected chi connectivity index (χ4v) is 0.602. The zero-order valence-corrected chi connectivity index (χ0v) is 4.27. The largest absolute Gasteiger partial charge is 0.281 e. The lowest BCUT2D eigenvalue weighted by Crippen LogP contribution is -2.01. The van der Waals surface area contributed by atoms with Crippen LogP contribution in [0.3, 0.4) is 0 Å². The predicted octanol–water partition coefficient (Wildman–Crippen LogP) is 0.0176. The summed E-state index contributed by atoms with van der Waals surface area (Å²) >= 11 is 1.24. The van der Waals surface area contributed by atoms with Crippen LogP contribution in [0.2, 0.25) is 0 Å². The van der Waals surface area contributed by atoms with Gasteiger partial charge >= 0.3 is 0 Å². The fraction of sp³-hybridized carbons (Fsp3) is 0. The molecule has 3 nitrogen and oxygen atoms in total. The Morgan fingerprint density at radius 2 is 2.57 bits per heavy atom. The molecule has 1 rings (SSSR count). The SMILES string of the molecule is N=c1ccsnn1. The Balaban J connectivity index is 3.28. The van der Waals surface area contributed by atoms with Crippen molar-refractivity contribution in [3.63, 3.8) is 0 Å². The van der Waals surface area contributed by atoms with E-state index in [1.54, 1.807) is 11.4 Å². The molecule has 0 aliphatic heterocycles. The van der Waals surface area contributed by atoms with Gasteiger partial charge in [0.15, 0.2) is 5.49 Å². The van der Waals surface area contributed by atoms with Crippen LogP contribution < -0.4 is 5.49 Å². The van der Waals surface area contributed by atoms with E-state index >= 15 is 0 Å². The second kappa shape index (κ2) is 1.79. The first-order valence-corrected chi connectivity index (χ1v) is 2.55. The average molecular weight is 113 g/mol. The first kappa shape index (κ1) is 4.39. The molecule has 7 heavy (non-hydrogen) atoms. The van der Waals surface area contributed by atoms with Crippen molar-refractivity contribution < 1.29 is 0 Å². The van der Waals surface area contributed by atoms with Crippen molar-refractivity contribution in [2.75, 3.05) is 0 Å². The molecule has 0 aromatic carbocycles. The summed E-state index contributed by atoms with van der Waals surface area (Å²) in [4.78, 5) is 0. The number of aromatic nitrogens is 2. The van der Waals surface area contributed by atoms with E-state index < -0.39 is 0 Å². The molecule has 0 saturated carbocycles. The number of hydrogen-bond acceptors (Lipinski definition) is 4. The van der Waals surface area contributed by atoms with E-state index in [-0.39, 0.29) is 5.49 Å². The van der Waals surface area contributed by atoms with Gasteiger partial charge in [-0.3, -0.25) is 5.41 Å². The molecule has 0 radical (unpaired) electrons. The lowest BCUT2D eigenvalue weighted by atomic mass is 10.7. The predicted molar refractivity (Wildman–Crippen MR) is 25.8 cm³/mol. The number of nitrogens with zero attached hydrogens (tertiary/aromatic N) is 2. The quantitative estimate of drug-likeness (QED) is 0.515. The molecule has 0 atom stereocenters. The van der Waals surface area contributed by atoms with Crippen LogP contribution in [0, 0.1) is 5.41 Å². The summed E-state index contributed by atoms with van der Waals surface area (Å²) in [5, 5.41) is 12.0. The molecule has 36 valence electrons. The van der Waals surface area contributed by atoms with E-state index in [0.717, 1.165) is 0 Å². The Bertz CT molecular complexity index is 176. The smallest absolute Gasteiger partial charge is 0.168 e. The summed E-state index contributed by atoms with van der Waals surface area (Å²) < 4.78 is 3.49. The number of hydrogen-bond donors (Lipinski definition) is 1. The topological polar surface area (TPSA) is 49.6 Å². The highest BCUT2D eigenvalue weighted by Crippen LogP contribution is 1.74. The van der Waals surface area contributed by atoms with Crippen molar-refractivity contribution in [1.29, 1.82) is 5.41 Å². The Kier molecular flexibility index (Phi) is 1.12. The highest BCUT2D eigenvalue weighted by Gasteiger charge is 1.70. The monoisotopic (exact) mass is 113 g/mol. The first-order valence-electron chi connectivity index (χ1n) is 1.71. The van der Waals surface area contributed by atoms with Gasteiger partial charge < -0.3 is 0 Å². The molecule has 0 aliphatic carbocycles. The minimum atomic E-state index is 0.221. The van der Waals surface area contributed by atoms with Crippen LogP contribution >= 0.6 is 11.5 Å². The minimum absolute atomic E-state index is 0.221. The van der Waals surface area contributed by atoms with Crippen LogP contribution in [0.15, 0.2) is 11.4 Å². The lowest BCUT2D eigenvalue weighted by Gasteiger charge is -1.70. The van der Waals surface area contributed by atoms with Crippen molar-refractivity contribution in [3.05, 3.63) is 16.9 Å². The van der Waals surface area contributed by atoms with Gasteiger partial charge in [-0.25, -0.2) is 0 Å². The van der Waals surface area contributed by atoms with Gasteiger partial charge in [0.25, 0.3) is 0 Å². The molecule has 0 fully saturated rings. The maximum atomic E-state index is 6.83. The minimum Gasteiger partial charge on any atom is -0.281 e. The normalized spacial score (nSPS) is 8.57. The standard InChI is InChI=1S/C3H3N3S/c4-3-1-2-7-6-5-3/h1-2,4H. The molecule has 1 heterocycles. The van der Waals surface area contributed by atoms with Gasteiger partial charge in [0.05, 0.1) is 0 Å². The second-order valence-corrected chi connectivity index (χ2v) is 1.62.